The zero-order chi connectivity index (χ0) is 20.2. The molecular formula is C19H19N3O5S. The molecule has 0 unspecified atom stereocenters. The van der Waals surface area contributed by atoms with E-state index in [9.17, 15) is 18.3 Å². The number of carbonyl (C=O) groups excluding carboxylic acids is 1. The predicted molar refractivity (Wildman–Crippen MR) is 104 cm³/mol. The Morgan fingerprint density at radius 1 is 1.32 bits per heavy atom. The van der Waals surface area contributed by atoms with Gasteiger partial charge in [0.15, 0.2) is 5.88 Å². The molecule has 0 aliphatic heterocycles. The van der Waals surface area contributed by atoms with Crippen LogP contribution in [0.15, 0.2) is 29.2 Å². The summed E-state index contributed by atoms with van der Waals surface area (Å²) in [5.74, 6) is -0.489. The molecule has 9 heteroatoms. The third-order valence-electron chi connectivity index (χ3n) is 4.90. The molecule has 0 fully saturated rings. The third-order valence-corrected chi connectivity index (χ3v) is 5.81. The second-order valence-electron chi connectivity index (χ2n) is 6.62. The van der Waals surface area contributed by atoms with Crippen molar-refractivity contribution in [2.45, 2.75) is 25.2 Å². The number of sulfonamides is 1. The number of hydrogen-bond acceptors (Lipinski definition) is 5. The number of aromatic hydroxyl groups is 1. The molecule has 1 aliphatic rings. The number of ether oxygens (including phenoxy) is 1. The minimum Gasteiger partial charge on any atom is -0.494 e. The summed E-state index contributed by atoms with van der Waals surface area (Å²) in [5.41, 5.74) is 4.38. The van der Waals surface area contributed by atoms with Gasteiger partial charge >= 0.3 is 5.97 Å². The molecule has 0 bridgehead atoms. The first-order valence-corrected chi connectivity index (χ1v) is 10.2. The number of benzene rings is 1. The second-order valence-corrected chi connectivity index (χ2v) is 8.18. The highest BCUT2D eigenvalue weighted by Crippen LogP contribution is 2.42. The lowest BCUT2D eigenvalue weighted by Crippen LogP contribution is -2.11. The maximum Gasteiger partial charge on any atom is 0.340 e. The molecule has 28 heavy (non-hydrogen) atoms. The molecule has 8 nitrogen and oxygen atoms in total. The highest BCUT2D eigenvalue weighted by molar-refractivity contribution is 7.89. The summed E-state index contributed by atoms with van der Waals surface area (Å²) in [7, 11) is -3.89. The molecule has 0 amide bonds. The number of fused-ring (bicyclic) bond motifs is 2. The van der Waals surface area contributed by atoms with Crippen LogP contribution in [0.2, 0.25) is 0 Å². The molecule has 4 rings (SSSR count). The van der Waals surface area contributed by atoms with Crippen LogP contribution in [0.5, 0.6) is 5.88 Å². The van der Waals surface area contributed by atoms with Crippen LogP contribution >= 0.6 is 0 Å². The molecule has 0 radical (unpaired) electrons. The first-order chi connectivity index (χ1) is 13.2. The first kappa shape index (κ1) is 18.3. The number of carbonyl (C=O) groups is 1. The van der Waals surface area contributed by atoms with Gasteiger partial charge in [-0.3, -0.25) is 0 Å². The Morgan fingerprint density at radius 3 is 2.75 bits per heavy atom. The van der Waals surface area contributed by atoms with Gasteiger partial charge < -0.3 is 19.8 Å². The largest absolute Gasteiger partial charge is 0.494 e. The lowest BCUT2D eigenvalue weighted by atomic mass is 10.0. The number of nitrogens with two attached hydrogens (primary N) is 1. The van der Waals surface area contributed by atoms with Crippen LogP contribution in [0.25, 0.3) is 16.5 Å². The van der Waals surface area contributed by atoms with Crippen molar-refractivity contribution in [2.75, 3.05) is 6.61 Å². The summed E-state index contributed by atoms with van der Waals surface area (Å²) >= 11 is 0. The standard InChI is InChI=1S/C19H19N3O5S/c1-3-27-19(24)15-9(2)21-17-11(15)5-6-12(17)16-13-8-10(28(20,25)26)4-7-14(13)22-18(16)23/h4,6-8,21-23H,3,5H2,1-2H3,(H2,20,25,26). The van der Waals surface area contributed by atoms with Crippen molar-refractivity contribution in [3.8, 4) is 5.88 Å². The van der Waals surface area contributed by atoms with Gasteiger partial charge in [0.1, 0.15) is 0 Å². The maximum absolute atomic E-state index is 12.3. The number of aromatic nitrogens is 2. The van der Waals surface area contributed by atoms with E-state index in [1.54, 1.807) is 19.9 Å². The zero-order valence-electron chi connectivity index (χ0n) is 15.3. The van der Waals surface area contributed by atoms with Crippen molar-refractivity contribution in [3.63, 3.8) is 0 Å². The van der Waals surface area contributed by atoms with E-state index in [0.717, 1.165) is 5.56 Å². The zero-order valence-corrected chi connectivity index (χ0v) is 16.1. The monoisotopic (exact) mass is 401 g/mol. The molecule has 0 atom stereocenters. The summed E-state index contributed by atoms with van der Waals surface area (Å²) in [5, 5.41) is 16.3. The Morgan fingerprint density at radius 2 is 2.07 bits per heavy atom. The number of esters is 1. The summed E-state index contributed by atoms with van der Waals surface area (Å²) < 4.78 is 28.6. The maximum atomic E-state index is 12.3. The molecule has 0 spiro atoms. The molecule has 0 saturated heterocycles. The van der Waals surface area contributed by atoms with E-state index < -0.39 is 16.0 Å². The van der Waals surface area contributed by atoms with E-state index in [4.69, 9.17) is 9.88 Å². The van der Waals surface area contributed by atoms with Crippen molar-refractivity contribution in [1.82, 2.24) is 9.97 Å². The van der Waals surface area contributed by atoms with Crippen LogP contribution in [0, 0.1) is 6.92 Å². The summed E-state index contributed by atoms with van der Waals surface area (Å²) in [4.78, 5) is 18.3. The molecule has 1 aliphatic carbocycles. The van der Waals surface area contributed by atoms with E-state index >= 15 is 0 Å². The minimum atomic E-state index is -3.89. The van der Waals surface area contributed by atoms with Gasteiger partial charge in [-0.2, -0.15) is 0 Å². The van der Waals surface area contributed by atoms with Crippen molar-refractivity contribution in [2.24, 2.45) is 5.14 Å². The summed E-state index contributed by atoms with van der Waals surface area (Å²) in [6.45, 7) is 3.81. The normalized spacial score (nSPS) is 13.6. The number of rotatable bonds is 4. The Bertz CT molecular complexity index is 1260. The number of aromatic amines is 2. The topological polar surface area (TPSA) is 138 Å². The smallest absolute Gasteiger partial charge is 0.340 e. The number of hydrogen-bond donors (Lipinski definition) is 4. The van der Waals surface area contributed by atoms with Gasteiger partial charge in [-0.1, -0.05) is 6.08 Å². The Kier molecular flexibility index (Phi) is 4.09. The van der Waals surface area contributed by atoms with E-state index in [1.807, 2.05) is 6.08 Å². The Hall–Kier alpha value is -3.04. The molecule has 0 saturated carbocycles. The Labute approximate surface area is 161 Å². The van der Waals surface area contributed by atoms with E-state index in [0.29, 0.717) is 45.4 Å². The molecule has 2 aromatic heterocycles. The van der Waals surface area contributed by atoms with Crippen molar-refractivity contribution >= 4 is 32.5 Å². The van der Waals surface area contributed by atoms with E-state index in [2.05, 4.69) is 9.97 Å². The van der Waals surface area contributed by atoms with Gasteiger partial charge in [-0.15, -0.1) is 0 Å². The highest BCUT2D eigenvalue weighted by Gasteiger charge is 2.30. The van der Waals surface area contributed by atoms with E-state index in [1.165, 1.54) is 12.1 Å². The minimum absolute atomic E-state index is 0.0473. The van der Waals surface area contributed by atoms with Crippen molar-refractivity contribution in [1.29, 1.82) is 0 Å². The fourth-order valence-corrected chi connectivity index (χ4v) is 4.27. The number of nitrogens with one attached hydrogen (secondary N) is 2. The van der Waals surface area contributed by atoms with Crippen LogP contribution in [0.1, 0.15) is 39.8 Å². The average molecular weight is 401 g/mol. The summed E-state index contributed by atoms with van der Waals surface area (Å²) in [6.07, 6.45) is 2.37. The summed E-state index contributed by atoms with van der Waals surface area (Å²) in [6, 6.07) is 4.36. The number of H-pyrrole nitrogens is 2. The van der Waals surface area contributed by atoms with E-state index in [-0.39, 0.29) is 17.4 Å². The van der Waals surface area contributed by atoms with Gasteiger partial charge in [-0.05, 0) is 44.0 Å². The lowest BCUT2D eigenvalue weighted by Gasteiger charge is -2.04. The van der Waals surface area contributed by atoms with Crippen LogP contribution in [0.4, 0.5) is 0 Å². The molecule has 146 valence electrons. The van der Waals surface area contributed by atoms with Gasteiger partial charge in [0.25, 0.3) is 0 Å². The van der Waals surface area contributed by atoms with Crippen LogP contribution < -0.4 is 5.14 Å². The predicted octanol–water partition coefficient (Wildman–Crippen LogP) is 2.32. The molecule has 5 N–H and O–H groups in total. The van der Waals surface area contributed by atoms with Gasteiger partial charge in [0.2, 0.25) is 10.0 Å². The first-order valence-electron chi connectivity index (χ1n) is 8.69. The molecule has 2 heterocycles. The van der Waals surface area contributed by atoms with Crippen LogP contribution in [-0.2, 0) is 21.2 Å². The second kappa shape index (κ2) is 6.25. The number of allylic oxidation sites excluding steroid dienone is 1. The fraction of sp³-hybridized carbons (Fsp3) is 0.211. The van der Waals surface area contributed by atoms with Gasteiger partial charge in [0, 0.05) is 22.2 Å². The van der Waals surface area contributed by atoms with Crippen LogP contribution in [0.3, 0.4) is 0 Å². The Balaban J connectivity index is 1.89. The fourth-order valence-electron chi connectivity index (χ4n) is 3.73. The van der Waals surface area contributed by atoms with Crippen molar-refractivity contribution < 1.29 is 23.1 Å². The van der Waals surface area contributed by atoms with Gasteiger partial charge in [0.05, 0.1) is 28.3 Å². The molecular weight excluding hydrogens is 382 g/mol. The number of aryl methyl sites for hydroxylation is 1. The third kappa shape index (κ3) is 2.71. The quantitative estimate of drug-likeness (QED) is 0.497. The van der Waals surface area contributed by atoms with Gasteiger partial charge in [-0.25, -0.2) is 18.4 Å². The lowest BCUT2D eigenvalue weighted by molar-refractivity contribution is 0.0524. The molecule has 1 aromatic carbocycles. The average Bonchev–Trinajstić information content (AvgIpc) is 3.23. The SMILES string of the molecule is CCOC(=O)c1c(C)[nH]c2c1CC=C2c1c(O)[nH]c2ccc(S(N)(=O)=O)cc12. The van der Waals surface area contributed by atoms with Crippen LogP contribution in [-0.4, -0.2) is 36.1 Å². The molecule has 3 aromatic rings. The highest BCUT2D eigenvalue weighted by atomic mass is 32.2. The van der Waals surface area contributed by atoms with Crippen molar-refractivity contribution in [3.05, 3.63) is 52.4 Å². The number of primary sulfonamides is 1.